The van der Waals surface area contributed by atoms with Gasteiger partial charge in [-0.05, 0) is 86.3 Å². The first-order valence-electron chi connectivity index (χ1n) is 11.9. The molecule has 2 aromatic rings. The van der Waals surface area contributed by atoms with Crippen molar-refractivity contribution in [3.05, 3.63) is 59.7 Å². The van der Waals surface area contributed by atoms with E-state index in [4.69, 9.17) is 9.68 Å². The zero-order valence-corrected chi connectivity index (χ0v) is 21.3. The van der Waals surface area contributed by atoms with E-state index in [0.29, 0.717) is 24.5 Å². The molecule has 0 aliphatic heterocycles. The number of oxime groups is 2. The van der Waals surface area contributed by atoms with Gasteiger partial charge in [-0.2, -0.15) is 0 Å². The van der Waals surface area contributed by atoms with Crippen LogP contribution >= 0.6 is 0 Å². The van der Waals surface area contributed by atoms with Crippen LogP contribution in [0.1, 0.15) is 64.5 Å². The van der Waals surface area contributed by atoms with E-state index in [1.807, 2.05) is 13.8 Å². The number of nitrogens with zero attached hydrogens (tertiary/aromatic N) is 2. The standard InChI is InChI=1S/C24H30N4O6.C2H6/c1-17(19-7-11-21(29)12-8-19)27-33-23(31)25-15-5-3-4-6-16-26-24(32)34-28-18(2)20-9-13-22(30)14-10-20;1-2/h7-14,29-30H,3-6,15-16H2,1-2H3,(H,25,31)(H,26,32);1-2H3/b27-17+,28-18+;. The molecule has 0 saturated carbocycles. The fourth-order valence-electron chi connectivity index (χ4n) is 2.78. The summed E-state index contributed by atoms with van der Waals surface area (Å²) in [7, 11) is 0. The van der Waals surface area contributed by atoms with Crippen LogP contribution in [0.15, 0.2) is 58.8 Å². The van der Waals surface area contributed by atoms with Crippen LogP contribution in [0.4, 0.5) is 9.59 Å². The summed E-state index contributed by atoms with van der Waals surface area (Å²) in [5.74, 6) is 0.300. The molecular formula is C26H36N4O6. The van der Waals surface area contributed by atoms with Crippen LogP contribution in [0.5, 0.6) is 11.5 Å². The van der Waals surface area contributed by atoms with Crippen LogP contribution in [0.25, 0.3) is 0 Å². The molecule has 0 aromatic heterocycles. The highest BCUT2D eigenvalue weighted by Crippen LogP contribution is 2.11. The van der Waals surface area contributed by atoms with Gasteiger partial charge in [-0.15, -0.1) is 0 Å². The van der Waals surface area contributed by atoms with Gasteiger partial charge in [0.1, 0.15) is 11.5 Å². The minimum atomic E-state index is -0.634. The molecule has 0 radical (unpaired) electrons. The highest BCUT2D eigenvalue weighted by molar-refractivity contribution is 5.99. The zero-order valence-electron chi connectivity index (χ0n) is 21.3. The summed E-state index contributed by atoms with van der Waals surface area (Å²) in [5.41, 5.74) is 2.51. The van der Waals surface area contributed by atoms with E-state index in [1.165, 1.54) is 24.3 Å². The summed E-state index contributed by atoms with van der Waals surface area (Å²) in [6.45, 7) is 8.31. The Labute approximate surface area is 212 Å². The summed E-state index contributed by atoms with van der Waals surface area (Å²) >= 11 is 0. The average molecular weight is 501 g/mol. The summed E-state index contributed by atoms with van der Waals surface area (Å²) < 4.78 is 0. The van der Waals surface area contributed by atoms with E-state index in [1.54, 1.807) is 38.1 Å². The number of aromatic hydroxyl groups is 2. The number of phenols is 2. The quantitative estimate of drug-likeness (QED) is 0.143. The fraction of sp³-hybridized carbons (Fsp3) is 0.385. The second kappa shape index (κ2) is 17.4. The van der Waals surface area contributed by atoms with Crippen molar-refractivity contribution in [2.45, 2.75) is 53.4 Å². The predicted molar refractivity (Wildman–Crippen MR) is 139 cm³/mol. The van der Waals surface area contributed by atoms with Crippen molar-refractivity contribution in [2.24, 2.45) is 10.3 Å². The van der Waals surface area contributed by atoms with E-state index < -0.39 is 12.2 Å². The molecule has 36 heavy (non-hydrogen) atoms. The maximum Gasteiger partial charge on any atom is 0.433 e. The lowest BCUT2D eigenvalue weighted by Crippen LogP contribution is -2.25. The number of unbranched alkanes of at least 4 members (excludes halogenated alkanes) is 3. The summed E-state index contributed by atoms with van der Waals surface area (Å²) in [6.07, 6.45) is 1.99. The van der Waals surface area contributed by atoms with Gasteiger partial charge in [-0.1, -0.05) is 37.0 Å². The van der Waals surface area contributed by atoms with Crippen molar-refractivity contribution >= 4 is 23.6 Å². The van der Waals surface area contributed by atoms with Crippen LogP contribution < -0.4 is 10.6 Å². The number of nitrogens with one attached hydrogen (secondary N) is 2. The third kappa shape index (κ3) is 12.4. The molecular weight excluding hydrogens is 464 g/mol. The Kier molecular flexibility index (Phi) is 14.5. The third-order valence-corrected chi connectivity index (χ3v) is 4.74. The highest BCUT2D eigenvalue weighted by atomic mass is 16.7. The van der Waals surface area contributed by atoms with Crippen molar-refractivity contribution in [3.8, 4) is 11.5 Å². The molecule has 2 amide bonds. The van der Waals surface area contributed by atoms with Crippen molar-refractivity contribution in [1.29, 1.82) is 0 Å². The molecule has 10 heteroatoms. The van der Waals surface area contributed by atoms with Crippen molar-refractivity contribution in [2.75, 3.05) is 13.1 Å². The molecule has 0 atom stereocenters. The number of carbonyl (C=O) groups is 2. The number of benzene rings is 2. The predicted octanol–water partition coefficient (Wildman–Crippen LogP) is 5.29. The molecule has 0 aliphatic carbocycles. The number of rotatable bonds is 11. The van der Waals surface area contributed by atoms with Gasteiger partial charge in [0.2, 0.25) is 0 Å². The van der Waals surface area contributed by atoms with E-state index in [0.717, 1.165) is 36.8 Å². The topological polar surface area (TPSA) is 142 Å². The van der Waals surface area contributed by atoms with E-state index >= 15 is 0 Å². The fourth-order valence-corrected chi connectivity index (χ4v) is 2.78. The van der Waals surface area contributed by atoms with Gasteiger partial charge >= 0.3 is 12.2 Å². The molecule has 4 N–H and O–H groups in total. The summed E-state index contributed by atoms with van der Waals surface area (Å²) in [6, 6.07) is 12.8. The van der Waals surface area contributed by atoms with Gasteiger partial charge < -0.3 is 20.8 Å². The second-order valence-corrected chi connectivity index (χ2v) is 7.47. The number of amides is 2. The van der Waals surface area contributed by atoms with Gasteiger partial charge in [-0.25, -0.2) is 9.59 Å². The van der Waals surface area contributed by atoms with Gasteiger partial charge in [-0.3, -0.25) is 9.68 Å². The minimum Gasteiger partial charge on any atom is -0.508 e. The molecule has 0 unspecified atom stereocenters. The summed E-state index contributed by atoms with van der Waals surface area (Å²) in [4.78, 5) is 33.0. The first-order valence-corrected chi connectivity index (χ1v) is 11.9. The lowest BCUT2D eigenvalue weighted by molar-refractivity contribution is 0.149. The van der Waals surface area contributed by atoms with E-state index in [9.17, 15) is 19.8 Å². The highest BCUT2D eigenvalue weighted by Gasteiger charge is 2.05. The maximum absolute atomic E-state index is 11.7. The molecule has 0 spiro atoms. The van der Waals surface area contributed by atoms with Crippen molar-refractivity contribution < 1.29 is 29.5 Å². The Morgan fingerprint density at radius 2 is 1.00 bits per heavy atom. The SMILES string of the molecule is C/C(=N\OC(=O)NCCCCCCNC(=O)O/N=C(\C)c1ccc(O)cc1)c1ccc(O)cc1.CC. The lowest BCUT2D eigenvalue weighted by atomic mass is 10.1. The largest absolute Gasteiger partial charge is 0.508 e. The molecule has 0 fully saturated rings. The Hall–Kier alpha value is -4.08. The molecule has 0 saturated heterocycles. The smallest absolute Gasteiger partial charge is 0.433 e. The van der Waals surface area contributed by atoms with Gasteiger partial charge in [0.25, 0.3) is 0 Å². The Bertz CT molecular complexity index is 907. The molecule has 2 rings (SSSR count). The lowest BCUT2D eigenvalue weighted by Gasteiger charge is -2.05. The van der Waals surface area contributed by atoms with Crippen LogP contribution in [0.2, 0.25) is 0 Å². The van der Waals surface area contributed by atoms with Crippen molar-refractivity contribution in [1.82, 2.24) is 10.6 Å². The number of hydrogen-bond acceptors (Lipinski definition) is 8. The monoisotopic (exact) mass is 500 g/mol. The molecule has 0 aliphatic rings. The van der Waals surface area contributed by atoms with Gasteiger partial charge in [0.15, 0.2) is 0 Å². The number of hydrogen-bond donors (Lipinski definition) is 4. The Morgan fingerprint density at radius 1 is 0.667 bits per heavy atom. The van der Waals surface area contributed by atoms with Crippen molar-refractivity contribution in [3.63, 3.8) is 0 Å². The zero-order chi connectivity index (χ0) is 26.8. The molecule has 2 aromatic carbocycles. The number of carbonyl (C=O) groups excluding carboxylic acids is 2. The average Bonchev–Trinajstić information content (AvgIpc) is 2.89. The van der Waals surface area contributed by atoms with E-state index in [2.05, 4.69) is 20.9 Å². The summed E-state index contributed by atoms with van der Waals surface area (Å²) in [5, 5.41) is 31.4. The van der Waals surface area contributed by atoms with E-state index in [-0.39, 0.29) is 11.5 Å². The Morgan fingerprint density at radius 3 is 1.33 bits per heavy atom. The Balaban J connectivity index is 0.00000316. The van der Waals surface area contributed by atoms with Crippen LogP contribution in [-0.4, -0.2) is 46.9 Å². The maximum atomic E-state index is 11.7. The molecule has 196 valence electrons. The molecule has 0 bridgehead atoms. The van der Waals surface area contributed by atoms with Gasteiger partial charge in [0, 0.05) is 13.1 Å². The van der Waals surface area contributed by atoms with Gasteiger partial charge in [0.05, 0.1) is 11.4 Å². The first-order chi connectivity index (χ1) is 17.3. The number of phenolic OH excluding ortho intramolecular Hbond substituents is 2. The molecule has 0 heterocycles. The normalized spacial score (nSPS) is 11.1. The molecule has 10 nitrogen and oxygen atoms in total. The second-order valence-electron chi connectivity index (χ2n) is 7.47. The van der Waals surface area contributed by atoms with Crippen LogP contribution in [0.3, 0.4) is 0 Å². The first kappa shape index (κ1) is 30.0. The van der Waals surface area contributed by atoms with Crippen LogP contribution in [0, 0.1) is 0 Å². The third-order valence-electron chi connectivity index (χ3n) is 4.74. The van der Waals surface area contributed by atoms with Crippen LogP contribution in [-0.2, 0) is 9.68 Å². The minimum absolute atomic E-state index is 0.150.